The Morgan fingerprint density at radius 2 is 1.90 bits per heavy atom. The summed E-state index contributed by atoms with van der Waals surface area (Å²) in [4.78, 5) is 14.0. The molecule has 2 rings (SSSR count). The number of carbonyl (C=O) groups excluding carboxylic acids is 1. The van der Waals surface area contributed by atoms with Crippen LogP contribution in [0.25, 0.3) is 0 Å². The van der Waals surface area contributed by atoms with Crippen LogP contribution in [0.1, 0.15) is 17.3 Å². The Kier molecular flexibility index (Phi) is 4.39. The SMILES string of the molecule is CCN(C(=O)c1ccc(Br)c(F)c1)c1ccc(N)cc1. The lowest BCUT2D eigenvalue weighted by molar-refractivity contribution is 0.0988. The molecule has 0 unspecified atom stereocenters. The average molecular weight is 337 g/mol. The Labute approximate surface area is 125 Å². The van der Waals surface area contributed by atoms with Gasteiger partial charge in [0.05, 0.1) is 4.47 Å². The van der Waals surface area contributed by atoms with Crippen LogP contribution in [-0.4, -0.2) is 12.5 Å². The molecule has 0 bridgehead atoms. The summed E-state index contributed by atoms with van der Waals surface area (Å²) in [5.74, 6) is -0.701. The second-order valence-electron chi connectivity index (χ2n) is 4.27. The highest BCUT2D eigenvalue weighted by Crippen LogP contribution is 2.21. The summed E-state index contributed by atoms with van der Waals surface area (Å²) < 4.78 is 13.9. The first-order valence-electron chi connectivity index (χ1n) is 6.15. The van der Waals surface area contributed by atoms with E-state index in [0.29, 0.717) is 22.3 Å². The predicted molar refractivity (Wildman–Crippen MR) is 82.3 cm³/mol. The highest BCUT2D eigenvalue weighted by atomic mass is 79.9. The second kappa shape index (κ2) is 6.05. The third-order valence-corrected chi connectivity index (χ3v) is 3.58. The number of nitrogens with two attached hydrogens (primary N) is 1. The Hall–Kier alpha value is -1.88. The van der Waals surface area contributed by atoms with Gasteiger partial charge in [0, 0.05) is 23.5 Å². The van der Waals surface area contributed by atoms with Gasteiger partial charge in [0.15, 0.2) is 0 Å². The largest absolute Gasteiger partial charge is 0.399 e. The fourth-order valence-corrected chi connectivity index (χ4v) is 2.13. The van der Waals surface area contributed by atoms with E-state index in [1.54, 1.807) is 35.2 Å². The zero-order chi connectivity index (χ0) is 14.7. The summed E-state index contributed by atoms with van der Waals surface area (Å²) >= 11 is 3.07. The number of anilines is 2. The van der Waals surface area contributed by atoms with E-state index < -0.39 is 5.82 Å². The van der Waals surface area contributed by atoms with Crippen molar-refractivity contribution in [1.29, 1.82) is 0 Å². The summed E-state index contributed by atoms with van der Waals surface area (Å²) in [6.07, 6.45) is 0. The second-order valence-corrected chi connectivity index (χ2v) is 5.12. The topological polar surface area (TPSA) is 46.3 Å². The van der Waals surface area contributed by atoms with E-state index in [1.165, 1.54) is 12.1 Å². The van der Waals surface area contributed by atoms with Gasteiger partial charge in [-0.2, -0.15) is 0 Å². The van der Waals surface area contributed by atoms with Gasteiger partial charge in [-0.1, -0.05) is 0 Å². The number of carbonyl (C=O) groups is 1. The van der Waals surface area contributed by atoms with Gasteiger partial charge in [0.1, 0.15) is 5.82 Å². The normalized spacial score (nSPS) is 10.3. The minimum Gasteiger partial charge on any atom is -0.399 e. The molecule has 2 aromatic carbocycles. The first kappa shape index (κ1) is 14.5. The molecule has 0 saturated heterocycles. The van der Waals surface area contributed by atoms with Crippen molar-refractivity contribution in [2.75, 3.05) is 17.2 Å². The zero-order valence-corrected chi connectivity index (χ0v) is 12.5. The van der Waals surface area contributed by atoms with E-state index in [1.807, 2.05) is 6.92 Å². The molecule has 5 heteroatoms. The number of rotatable bonds is 3. The Balaban J connectivity index is 2.33. The highest BCUT2D eigenvalue weighted by Gasteiger charge is 2.17. The molecular weight excluding hydrogens is 323 g/mol. The zero-order valence-electron chi connectivity index (χ0n) is 10.9. The van der Waals surface area contributed by atoms with Gasteiger partial charge in [0.25, 0.3) is 5.91 Å². The molecule has 3 nitrogen and oxygen atoms in total. The average Bonchev–Trinajstić information content (AvgIpc) is 2.44. The van der Waals surface area contributed by atoms with E-state index in [2.05, 4.69) is 15.9 Å². The van der Waals surface area contributed by atoms with Gasteiger partial charge in [0.2, 0.25) is 0 Å². The van der Waals surface area contributed by atoms with Crippen LogP contribution in [-0.2, 0) is 0 Å². The van der Waals surface area contributed by atoms with Gasteiger partial charge >= 0.3 is 0 Å². The highest BCUT2D eigenvalue weighted by molar-refractivity contribution is 9.10. The molecule has 0 aliphatic carbocycles. The third kappa shape index (κ3) is 2.99. The Morgan fingerprint density at radius 3 is 2.45 bits per heavy atom. The maximum atomic E-state index is 13.5. The maximum Gasteiger partial charge on any atom is 0.258 e. The Morgan fingerprint density at radius 1 is 1.25 bits per heavy atom. The van der Waals surface area contributed by atoms with Crippen molar-refractivity contribution in [2.45, 2.75) is 6.92 Å². The molecule has 0 saturated carbocycles. The van der Waals surface area contributed by atoms with Crippen molar-refractivity contribution in [1.82, 2.24) is 0 Å². The number of nitrogen functional groups attached to an aromatic ring is 1. The number of benzene rings is 2. The number of amides is 1. The number of halogens is 2. The molecule has 1 amide bonds. The summed E-state index contributed by atoms with van der Waals surface area (Å²) in [6, 6.07) is 11.3. The van der Waals surface area contributed by atoms with Crippen LogP contribution in [0.5, 0.6) is 0 Å². The lowest BCUT2D eigenvalue weighted by Gasteiger charge is -2.21. The van der Waals surface area contributed by atoms with Crippen molar-refractivity contribution in [3.63, 3.8) is 0 Å². The molecule has 20 heavy (non-hydrogen) atoms. The number of hydrogen-bond donors (Lipinski definition) is 1. The summed E-state index contributed by atoms with van der Waals surface area (Å²) in [6.45, 7) is 2.35. The van der Waals surface area contributed by atoms with Gasteiger partial charge in [-0.3, -0.25) is 4.79 Å². The van der Waals surface area contributed by atoms with E-state index in [9.17, 15) is 9.18 Å². The summed E-state index contributed by atoms with van der Waals surface area (Å²) in [7, 11) is 0. The molecule has 0 spiro atoms. The molecule has 0 heterocycles. The standard InChI is InChI=1S/C15H14BrFN2O/c1-2-19(12-6-4-11(18)5-7-12)15(20)10-3-8-13(16)14(17)9-10/h3-9H,2,18H2,1H3. The van der Waals surface area contributed by atoms with Gasteiger partial charge in [-0.05, 0) is 65.3 Å². The van der Waals surface area contributed by atoms with Crippen molar-refractivity contribution in [3.8, 4) is 0 Å². The molecule has 0 radical (unpaired) electrons. The maximum absolute atomic E-state index is 13.5. The van der Waals surface area contributed by atoms with Crippen LogP contribution in [0.4, 0.5) is 15.8 Å². The lowest BCUT2D eigenvalue weighted by atomic mass is 10.1. The fraction of sp³-hybridized carbons (Fsp3) is 0.133. The predicted octanol–water partition coefficient (Wildman–Crippen LogP) is 3.84. The summed E-state index contributed by atoms with van der Waals surface area (Å²) in [5.41, 5.74) is 7.31. The minimum atomic E-state index is -0.454. The van der Waals surface area contributed by atoms with Gasteiger partial charge < -0.3 is 10.6 Å². The molecule has 104 valence electrons. The van der Waals surface area contributed by atoms with Crippen LogP contribution in [0, 0.1) is 5.82 Å². The van der Waals surface area contributed by atoms with Crippen LogP contribution in [0.2, 0.25) is 0 Å². The molecule has 0 aromatic heterocycles. The van der Waals surface area contributed by atoms with E-state index >= 15 is 0 Å². The van der Waals surface area contributed by atoms with Crippen molar-refractivity contribution in [3.05, 3.63) is 58.3 Å². The van der Waals surface area contributed by atoms with Crippen molar-refractivity contribution in [2.24, 2.45) is 0 Å². The third-order valence-electron chi connectivity index (χ3n) is 2.93. The van der Waals surface area contributed by atoms with Crippen molar-refractivity contribution >= 4 is 33.2 Å². The van der Waals surface area contributed by atoms with Crippen LogP contribution < -0.4 is 10.6 Å². The quantitative estimate of drug-likeness (QED) is 0.865. The molecule has 0 fully saturated rings. The number of nitrogens with zero attached hydrogens (tertiary/aromatic N) is 1. The first-order valence-corrected chi connectivity index (χ1v) is 6.94. The monoisotopic (exact) mass is 336 g/mol. The summed E-state index contributed by atoms with van der Waals surface area (Å²) in [5, 5.41) is 0. The van der Waals surface area contributed by atoms with E-state index in [4.69, 9.17) is 5.73 Å². The lowest BCUT2D eigenvalue weighted by Crippen LogP contribution is -2.30. The minimum absolute atomic E-state index is 0.247. The molecule has 2 aromatic rings. The Bertz CT molecular complexity index is 628. The van der Waals surface area contributed by atoms with Crippen molar-refractivity contribution < 1.29 is 9.18 Å². The smallest absolute Gasteiger partial charge is 0.258 e. The fourth-order valence-electron chi connectivity index (χ4n) is 1.88. The first-order chi connectivity index (χ1) is 9.52. The van der Waals surface area contributed by atoms with Gasteiger partial charge in [-0.25, -0.2) is 4.39 Å². The van der Waals surface area contributed by atoms with Crippen LogP contribution >= 0.6 is 15.9 Å². The van der Waals surface area contributed by atoms with Crippen LogP contribution in [0.3, 0.4) is 0 Å². The molecule has 0 aliphatic rings. The van der Waals surface area contributed by atoms with Crippen LogP contribution in [0.15, 0.2) is 46.9 Å². The van der Waals surface area contributed by atoms with Gasteiger partial charge in [-0.15, -0.1) is 0 Å². The van der Waals surface area contributed by atoms with E-state index in [0.717, 1.165) is 5.69 Å². The molecule has 0 atom stereocenters. The molecular formula is C15H14BrFN2O. The molecule has 0 aliphatic heterocycles. The number of hydrogen-bond acceptors (Lipinski definition) is 2. The van der Waals surface area contributed by atoms with E-state index in [-0.39, 0.29) is 5.91 Å². The molecule has 2 N–H and O–H groups in total.